The number of rotatable bonds is 4. The van der Waals surface area contributed by atoms with Crippen LogP contribution in [0.5, 0.6) is 0 Å². The molecule has 1 spiro atoms. The van der Waals surface area contributed by atoms with Gasteiger partial charge in [-0.25, -0.2) is 9.97 Å². The van der Waals surface area contributed by atoms with Crippen LogP contribution in [0.25, 0.3) is 0 Å². The van der Waals surface area contributed by atoms with Crippen molar-refractivity contribution in [3.63, 3.8) is 0 Å². The Morgan fingerprint density at radius 3 is 2.47 bits per heavy atom. The smallest absolute Gasteiger partial charge is 0.239 e. The van der Waals surface area contributed by atoms with Gasteiger partial charge in [-0.3, -0.25) is 4.79 Å². The Bertz CT molecular complexity index is 1110. The molecule has 2 aliphatic heterocycles. The van der Waals surface area contributed by atoms with Crippen molar-refractivity contribution in [1.29, 1.82) is 0 Å². The molecule has 9 heteroatoms. The fourth-order valence-corrected chi connectivity index (χ4v) is 5.18. The lowest BCUT2D eigenvalue weighted by molar-refractivity contribution is -0.126. The van der Waals surface area contributed by atoms with E-state index < -0.39 is 5.41 Å². The van der Waals surface area contributed by atoms with Gasteiger partial charge < -0.3 is 19.2 Å². The molecule has 2 aromatic heterocycles. The second-order valence-electron chi connectivity index (χ2n) is 8.43. The molecule has 5 rings (SSSR count). The first-order chi connectivity index (χ1) is 15.5. The molecule has 0 N–H and O–H groups in total. The highest BCUT2D eigenvalue weighted by Crippen LogP contribution is 2.46. The van der Waals surface area contributed by atoms with Crippen molar-refractivity contribution in [3.8, 4) is 0 Å². The summed E-state index contributed by atoms with van der Waals surface area (Å²) in [4.78, 5) is 29.9. The molecule has 1 amide bonds. The van der Waals surface area contributed by atoms with E-state index in [1.165, 1.54) is 23.7 Å². The maximum absolute atomic E-state index is 14.0. The predicted molar refractivity (Wildman–Crippen MR) is 125 cm³/mol. The van der Waals surface area contributed by atoms with Crippen LogP contribution in [0.4, 0.5) is 17.2 Å². The maximum atomic E-state index is 14.0. The van der Waals surface area contributed by atoms with Crippen molar-refractivity contribution in [1.82, 2.24) is 15.1 Å². The van der Waals surface area contributed by atoms with E-state index in [2.05, 4.69) is 34.3 Å². The third kappa shape index (κ3) is 3.31. The Morgan fingerprint density at radius 1 is 1.09 bits per heavy atom. The van der Waals surface area contributed by atoms with Crippen LogP contribution in [-0.4, -0.2) is 54.5 Å². The summed E-state index contributed by atoms with van der Waals surface area (Å²) in [5.41, 5.74) is 3.04. The second-order valence-corrected chi connectivity index (χ2v) is 9.21. The number of fused-ring (bicyclic) bond motifs is 2. The van der Waals surface area contributed by atoms with Crippen LogP contribution in [0.3, 0.4) is 0 Å². The average molecular weight is 451 g/mol. The molecule has 4 heterocycles. The first-order valence-corrected chi connectivity index (χ1v) is 11.9. The number of carbonyl (C=O) groups excluding carboxylic acids is 1. The Hall–Kier alpha value is -3.07. The molecule has 32 heavy (non-hydrogen) atoms. The van der Waals surface area contributed by atoms with E-state index in [-0.39, 0.29) is 5.91 Å². The predicted octanol–water partition coefficient (Wildman–Crippen LogP) is 3.34. The molecular formula is C23H26N6O2S. The van der Waals surface area contributed by atoms with Gasteiger partial charge in [0, 0.05) is 38.4 Å². The average Bonchev–Trinajstić information content (AvgIpc) is 3.36. The van der Waals surface area contributed by atoms with Crippen molar-refractivity contribution < 1.29 is 9.32 Å². The van der Waals surface area contributed by atoms with E-state index in [4.69, 9.17) is 14.5 Å². The number of piperidine rings is 1. The minimum absolute atomic E-state index is 0.0661. The second kappa shape index (κ2) is 8.12. The Balaban J connectivity index is 1.61. The van der Waals surface area contributed by atoms with E-state index in [1.54, 1.807) is 11.1 Å². The lowest BCUT2D eigenvalue weighted by atomic mass is 9.70. The standard InChI is InChI=1S/C23H26N6O2S/c1-27(2)20-18-14-29(17-13-24-31-15-17)21(30)23(19(18)25-22(26-20)32-3)9-11-28(12-10-23)16-7-5-4-6-8-16/h4-8,13,15H,9-12,14H2,1-3H3. The molecule has 0 radical (unpaired) electrons. The molecule has 0 saturated carbocycles. The van der Waals surface area contributed by atoms with Crippen LogP contribution in [0, 0.1) is 0 Å². The number of thioether (sulfide) groups is 1. The summed E-state index contributed by atoms with van der Waals surface area (Å²) in [6, 6.07) is 10.4. The Morgan fingerprint density at radius 2 is 1.84 bits per heavy atom. The van der Waals surface area contributed by atoms with Crippen LogP contribution in [0.15, 0.2) is 52.5 Å². The topological polar surface area (TPSA) is 78.6 Å². The molecule has 1 fully saturated rings. The lowest BCUT2D eigenvalue weighted by Crippen LogP contribution is -2.57. The third-order valence-corrected chi connectivity index (χ3v) is 7.01. The monoisotopic (exact) mass is 450 g/mol. The molecule has 0 atom stereocenters. The highest BCUT2D eigenvalue weighted by atomic mass is 32.2. The molecule has 2 aliphatic rings. The van der Waals surface area contributed by atoms with Crippen LogP contribution in [0.2, 0.25) is 0 Å². The minimum Gasteiger partial charge on any atom is -0.371 e. The van der Waals surface area contributed by atoms with Gasteiger partial charge in [0.1, 0.15) is 17.8 Å². The molecule has 166 valence electrons. The van der Waals surface area contributed by atoms with Crippen LogP contribution >= 0.6 is 11.8 Å². The van der Waals surface area contributed by atoms with Gasteiger partial charge >= 0.3 is 0 Å². The Labute approximate surface area is 191 Å². The zero-order valence-corrected chi connectivity index (χ0v) is 19.3. The molecule has 3 aromatic rings. The Kier molecular flexibility index (Phi) is 5.28. The van der Waals surface area contributed by atoms with Gasteiger partial charge in [-0.05, 0) is 31.2 Å². The number of nitrogens with zero attached hydrogens (tertiary/aromatic N) is 6. The summed E-state index contributed by atoms with van der Waals surface area (Å²) < 4.78 is 5.07. The summed E-state index contributed by atoms with van der Waals surface area (Å²) in [6.07, 6.45) is 6.48. The number of para-hydroxylation sites is 1. The molecule has 1 aromatic carbocycles. The van der Waals surface area contributed by atoms with E-state index in [0.717, 1.165) is 30.2 Å². The number of hydrogen-bond donors (Lipinski definition) is 0. The summed E-state index contributed by atoms with van der Waals surface area (Å²) in [5, 5.41) is 4.53. The number of carbonyl (C=O) groups is 1. The van der Waals surface area contributed by atoms with Crippen molar-refractivity contribution in [2.45, 2.75) is 30.0 Å². The lowest BCUT2D eigenvalue weighted by Gasteiger charge is -2.47. The summed E-state index contributed by atoms with van der Waals surface area (Å²) in [7, 11) is 3.97. The maximum Gasteiger partial charge on any atom is 0.239 e. The van der Waals surface area contributed by atoms with E-state index >= 15 is 0 Å². The van der Waals surface area contributed by atoms with Crippen LogP contribution < -0.4 is 14.7 Å². The molecule has 8 nitrogen and oxygen atoms in total. The highest BCUT2D eigenvalue weighted by Gasteiger charge is 2.52. The molecule has 0 unspecified atom stereocenters. The van der Waals surface area contributed by atoms with Crippen molar-refractivity contribution in [3.05, 3.63) is 54.0 Å². The summed E-state index contributed by atoms with van der Waals surface area (Å²) in [6.45, 7) is 1.97. The van der Waals surface area contributed by atoms with E-state index in [1.807, 2.05) is 31.3 Å². The van der Waals surface area contributed by atoms with Crippen molar-refractivity contribution in [2.24, 2.45) is 0 Å². The zero-order valence-electron chi connectivity index (χ0n) is 18.5. The van der Waals surface area contributed by atoms with Gasteiger partial charge in [-0.1, -0.05) is 35.1 Å². The quantitative estimate of drug-likeness (QED) is 0.442. The fraction of sp³-hybridized carbons (Fsp3) is 0.391. The first kappa shape index (κ1) is 20.8. The largest absolute Gasteiger partial charge is 0.371 e. The van der Waals surface area contributed by atoms with Gasteiger partial charge in [0.2, 0.25) is 5.91 Å². The normalized spacial score (nSPS) is 17.5. The van der Waals surface area contributed by atoms with Crippen LogP contribution in [0.1, 0.15) is 24.1 Å². The zero-order chi connectivity index (χ0) is 22.3. The molecule has 0 bridgehead atoms. The summed E-state index contributed by atoms with van der Waals surface area (Å²) >= 11 is 1.51. The number of amides is 1. The van der Waals surface area contributed by atoms with Gasteiger partial charge in [-0.2, -0.15) is 0 Å². The van der Waals surface area contributed by atoms with Gasteiger partial charge in [0.15, 0.2) is 5.16 Å². The SMILES string of the molecule is CSc1nc(N(C)C)c2c(n1)C1(CCN(c3ccccc3)CC1)C(=O)N(c1cnoc1)C2. The number of anilines is 3. The van der Waals surface area contributed by atoms with Gasteiger partial charge in [0.25, 0.3) is 0 Å². The molecular weight excluding hydrogens is 424 g/mol. The number of hydrogen-bond acceptors (Lipinski definition) is 8. The van der Waals surface area contributed by atoms with E-state index in [0.29, 0.717) is 30.2 Å². The fourth-order valence-electron chi connectivity index (χ4n) is 4.82. The first-order valence-electron chi connectivity index (χ1n) is 10.7. The third-order valence-electron chi connectivity index (χ3n) is 6.46. The van der Waals surface area contributed by atoms with Crippen LogP contribution in [-0.2, 0) is 16.8 Å². The molecule has 0 aliphatic carbocycles. The molecule has 1 saturated heterocycles. The van der Waals surface area contributed by atoms with Crippen molar-refractivity contribution in [2.75, 3.05) is 48.1 Å². The van der Waals surface area contributed by atoms with Crippen molar-refractivity contribution >= 4 is 34.9 Å². The number of benzene rings is 1. The number of aromatic nitrogens is 3. The summed E-state index contributed by atoms with van der Waals surface area (Å²) in [5.74, 6) is 0.925. The van der Waals surface area contributed by atoms with E-state index in [9.17, 15) is 4.79 Å². The minimum atomic E-state index is -0.700. The highest BCUT2D eigenvalue weighted by molar-refractivity contribution is 7.98. The van der Waals surface area contributed by atoms with Gasteiger partial charge in [0.05, 0.1) is 23.9 Å². The van der Waals surface area contributed by atoms with Gasteiger partial charge in [-0.15, -0.1) is 0 Å².